The average Bonchev–Trinajstić information content (AvgIpc) is 2.58. The van der Waals surface area contributed by atoms with Gasteiger partial charge in [0.2, 0.25) is 0 Å². The maximum absolute atomic E-state index is 11.5. The first-order chi connectivity index (χ1) is 11.9. The lowest BCUT2D eigenvalue weighted by Crippen LogP contribution is -2.55. The lowest BCUT2D eigenvalue weighted by Gasteiger charge is -2.43. The first-order valence-corrected chi connectivity index (χ1v) is 10.1. The average molecular weight is 433 g/mol. The minimum atomic E-state index is -1.20. The Hall–Kier alpha value is -1.09. The molecule has 1 saturated heterocycles. The summed E-state index contributed by atoms with van der Waals surface area (Å²) in [5, 5.41) is 11.4. The molecule has 1 aliphatic rings. The van der Waals surface area contributed by atoms with Crippen molar-refractivity contribution >= 4 is 39.6 Å². The van der Waals surface area contributed by atoms with Crippen LogP contribution in [-0.2, 0) is 29.1 Å². The summed E-state index contributed by atoms with van der Waals surface area (Å²) in [6.07, 6.45) is -1.96. The van der Waals surface area contributed by atoms with Crippen molar-refractivity contribution in [1.82, 2.24) is 0 Å². The number of aliphatic hydroxyl groups excluding tert-OH is 1. The lowest BCUT2D eigenvalue weighted by molar-refractivity contribution is -0.224. The highest BCUT2D eigenvalue weighted by Gasteiger charge is 2.49. The van der Waals surface area contributed by atoms with Crippen molar-refractivity contribution in [3.05, 3.63) is 35.4 Å². The molecule has 1 heterocycles. The van der Waals surface area contributed by atoms with E-state index in [2.05, 4.69) is 15.9 Å². The number of thioether (sulfide) groups is 1. The predicted octanol–water partition coefficient (Wildman–Crippen LogP) is 2.57. The van der Waals surface area contributed by atoms with Crippen LogP contribution in [0.25, 0.3) is 0 Å². The molecule has 1 fully saturated rings. The van der Waals surface area contributed by atoms with Crippen LogP contribution in [0.4, 0.5) is 0 Å². The third kappa shape index (κ3) is 4.97. The molecule has 2 rings (SSSR count). The van der Waals surface area contributed by atoms with E-state index in [4.69, 9.17) is 14.2 Å². The summed E-state index contributed by atoms with van der Waals surface area (Å²) in [5.74, 6) is -1.08. The van der Waals surface area contributed by atoms with Crippen molar-refractivity contribution < 1.29 is 28.9 Å². The highest BCUT2D eigenvalue weighted by Crippen LogP contribution is 2.39. The van der Waals surface area contributed by atoms with Crippen LogP contribution in [0.5, 0.6) is 0 Å². The monoisotopic (exact) mass is 432 g/mol. The Kier molecular flexibility index (Phi) is 7.30. The van der Waals surface area contributed by atoms with Gasteiger partial charge in [0.05, 0.1) is 0 Å². The topological polar surface area (TPSA) is 82.1 Å². The molecule has 0 aromatic heterocycles. The van der Waals surface area contributed by atoms with Gasteiger partial charge >= 0.3 is 11.9 Å². The number of carbonyl (C=O) groups is 2. The molecule has 6 nitrogen and oxygen atoms in total. The molecule has 1 N–H and O–H groups in total. The van der Waals surface area contributed by atoms with Crippen molar-refractivity contribution in [2.75, 3.05) is 6.26 Å². The summed E-state index contributed by atoms with van der Waals surface area (Å²) in [4.78, 5) is 22.9. The molecule has 1 aromatic rings. The van der Waals surface area contributed by atoms with E-state index in [0.717, 1.165) is 11.1 Å². The summed E-state index contributed by atoms with van der Waals surface area (Å²) in [5.41, 5.74) is 1.23. The molecule has 8 heteroatoms. The fourth-order valence-electron chi connectivity index (χ4n) is 2.78. The van der Waals surface area contributed by atoms with Gasteiger partial charge in [-0.25, -0.2) is 0 Å². The van der Waals surface area contributed by atoms with Crippen LogP contribution in [0.2, 0.25) is 0 Å². The number of benzene rings is 1. The molecule has 138 valence electrons. The number of esters is 2. The van der Waals surface area contributed by atoms with E-state index >= 15 is 0 Å². The van der Waals surface area contributed by atoms with Gasteiger partial charge in [-0.1, -0.05) is 40.2 Å². The zero-order chi connectivity index (χ0) is 18.6. The third-order valence-corrected chi connectivity index (χ3v) is 5.28. The minimum Gasteiger partial charge on any atom is -0.456 e. The zero-order valence-electron chi connectivity index (χ0n) is 14.2. The fourth-order valence-corrected chi connectivity index (χ4v) is 3.84. The van der Waals surface area contributed by atoms with Gasteiger partial charge in [0.15, 0.2) is 12.2 Å². The molecule has 0 bridgehead atoms. The second-order valence-electron chi connectivity index (χ2n) is 5.68. The maximum Gasteiger partial charge on any atom is 0.303 e. The highest BCUT2D eigenvalue weighted by atomic mass is 79.9. The molecule has 0 unspecified atom stereocenters. The van der Waals surface area contributed by atoms with Gasteiger partial charge in [-0.2, -0.15) is 0 Å². The van der Waals surface area contributed by atoms with Crippen LogP contribution >= 0.6 is 27.7 Å². The summed E-state index contributed by atoms with van der Waals surface area (Å²) < 4.78 is 16.6. The second kappa shape index (κ2) is 9.02. The first-order valence-electron chi connectivity index (χ1n) is 7.73. The van der Waals surface area contributed by atoms with E-state index in [9.17, 15) is 14.7 Å². The van der Waals surface area contributed by atoms with Gasteiger partial charge in [0.25, 0.3) is 0 Å². The zero-order valence-corrected chi connectivity index (χ0v) is 16.6. The molecular formula is C17H21BrO6S. The smallest absolute Gasteiger partial charge is 0.303 e. The molecule has 5 atom stereocenters. The first kappa shape index (κ1) is 20.2. The van der Waals surface area contributed by atoms with Gasteiger partial charge in [-0.15, -0.1) is 11.8 Å². The molecule has 1 aromatic carbocycles. The lowest BCUT2D eigenvalue weighted by atomic mass is 9.93. The Balaban J connectivity index is 2.38. The number of alkyl halides is 1. The van der Waals surface area contributed by atoms with E-state index in [-0.39, 0.29) is 0 Å². The maximum atomic E-state index is 11.5. The van der Waals surface area contributed by atoms with Crippen molar-refractivity contribution in [2.45, 2.75) is 49.0 Å². The molecule has 0 spiro atoms. The van der Waals surface area contributed by atoms with Crippen LogP contribution in [0.1, 0.15) is 31.1 Å². The minimum absolute atomic E-state index is 0.534. The number of rotatable bonds is 5. The second-order valence-corrected chi connectivity index (χ2v) is 7.17. The summed E-state index contributed by atoms with van der Waals surface area (Å²) in [6, 6.07) is 7.60. The molecule has 25 heavy (non-hydrogen) atoms. The quantitative estimate of drug-likeness (QED) is 0.565. The Morgan fingerprint density at radius 1 is 1.24 bits per heavy atom. The highest BCUT2D eigenvalue weighted by molar-refractivity contribution is 9.08. The standard InChI is InChI=1S/C17H21BrO6S/c1-9(19)22-15-13(21)16(23-10(2)20)17(25-3)24-14(15)12-6-4-5-11(7-12)8-18/h4-7,13-17,21H,8H2,1-3H3/t13-,14+,15-,16+,17-/m1/s1. The molecular weight excluding hydrogens is 412 g/mol. The van der Waals surface area contributed by atoms with Gasteiger partial charge in [0.1, 0.15) is 17.6 Å². The Bertz CT molecular complexity index is 625. The number of carbonyl (C=O) groups excluding carboxylic acids is 2. The van der Waals surface area contributed by atoms with E-state index < -0.39 is 41.8 Å². The van der Waals surface area contributed by atoms with Gasteiger partial charge < -0.3 is 19.3 Å². The van der Waals surface area contributed by atoms with E-state index in [0.29, 0.717) is 5.33 Å². The molecule has 0 aliphatic carbocycles. The Morgan fingerprint density at radius 2 is 1.88 bits per heavy atom. The van der Waals surface area contributed by atoms with Crippen molar-refractivity contribution in [1.29, 1.82) is 0 Å². The van der Waals surface area contributed by atoms with Crippen molar-refractivity contribution in [3.8, 4) is 0 Å². The van der Waals surface area contributed by atoms with Crippen LogP contribution < -0.4 is 0 Å². The van der Waals surface area contributed by atoms with E-state index in [1.807, 2.05) is 24.3 Å². The number of aliphatic hydroxyl groups is 1. The van der Waals surface area contributed by atoms with Gasteiger partial charge in [-0.3, -0.25) is 9.59 Å². The largest absolute Gasteiger partial charge is 0.456 e. The number of ether oxygens (including phenoxy) is 3. The molecule has 1 aliphatic heterocycles. The van der Waals surface area contributed by atoms with Gasteiger partial charge in [0, 0.05) is 19.2 Å². The third-order valence-electron chi connectivity index (χ3n) is 3.79. The van der Waals surface area contributed by atoms with E-state index in [1.54, 1.807) is 6.26 Å². The van der Waals surface area contributed by atoms with Crippen molar-refractivity contribution in [2.24, 2.45) is 0 Å². The van der Waals surface area contributed by atoms with Crippen LogP contribution in [-0.4, -0.2) is 47.0 Å². The van der Waals surface area contributed by atoms with Crippen molar-refractivity contribution in [3.63, 3.8) is 0 Å². The Labute approximate surface area is 159 Å². The van der Waals surface area contributed by atoms with E-state index in [1.165, 1.54) is 25.6 Å². The SMILES string of the molecule is CS[C@H]1O[C@@H](c2cccc(CBr)c2)[C@H](OC(C)=O)[C@@H](O)[C@@H]1OC(C)=O. The number of halogens is 1. The van der Waals surface area contributed by atoms with Crippen LogP contribution in [0, 0.1) is 0 Å². The van der Waals surface area contributed by atoms with Crippen LogP contribution in [0.3, 0.4) is 0 Å². The fraction of sp³-hybridized carbons (Fsp3) is 0.529. The molecule has 0 radical (unpaired) electrons. The molecule has 0 saturated carbocycles. The summed E-state index contributed by atoms with van der Waals surface area (Å²) in [7, 11) is 0. The Morgan fingerprint density at radius 3 is 2.44 bits per heavy atom. The van der Waals surface area contributed by atoms with Crippen LogP contribution in [0.15, 0.2) is 24.3 Å². The summed E-state index contributed by atoms with van der Waals surface area (Å²) >= 11 is 4.73. The predicted molar refractivity (Wildman–Crippen MR) is 97.3 cm³/mol. The normalized spacial score (nSPS) is 29.1. The summed E-state index contributed by atoms with van der Waals surface area (Å²) in [6.45, 7) is 2.52. The number of hydrogen-bond acceptors (Lipinski definition) is 7. The van der Waals surface area contributed by atoms with Gasteiger partial charge in [-0.05, 0) is 17.4 Å². The number of hydrogen-bond donors (Lipinski definition) is 1. The molecule has 0 amide bonds.